The maximum Gasteiger partial charge on any atom is 0.0618 e. The van der Waals surface area contributed by atoms with Crippen molar-refractivity contribution in [3.05, 3.63) is 35.4 Å². The van der Waals surface area contributed by atoms with Gasteiger partial charge in [-0.25, -0.2) is 0 Å². The quantitative estimate of drug-likeness (QED) is 0.784. The Morgan fingerprint density at radius 1 is 1.18 bits per heavy atom. The van der Waals surface area contributed by atoms with Gasteiger partial charge in [0, 0.05) is 19.7 Å². The third kappa shape index (κ3) is 4.49. The molecule has 2 nitrogen and oxygen atoms in total. The first kappa shape index (κ1) is 14.2. The average Bonchev–Trinajstić information content (AvgIpc) is 2.34. The van der Waals surface area contributed by atoms with Crippen LogP contribution in [-0.4, -0.2) is 19.8 Å². The maximum atomic E-state index is 5.25. The fourth-order valence-electron chi connectivity index (χ4n) is 1.98. The largest absolute Gasteiger partial charge is 0.383 e. The van der Waals surface area contributed by atoms with Gasteiger partial charge < -0.3 is 10.1 Å². The Morgan fingerprint density at radius 2 is 1.82 bits per heavy atom. The van der Waals surface area contributed by atoms with Crippen LogP contribution in [0.25, 0.3) is 0 Å². The van der Waals surface area contributed by atoms with Gasteiger partial charge in [-0.1, -0.05) is 45.0 Å². The summed E-state index contributed by atoms with van der Waals surface area (Å²) >= 11 is 0. The van der Waals surface area contributed by atoms with E-state index < -0.39 is 0 Å². The summed E-state index contributed by atoms with van der Waals surface area (Å²) in [6.07, 6.45) is 1.09. The fourth-order valence-corrected chi connectivity index (χ4v) is 1.98. The van der Waals surface area contributed by atoms with Crippen LogP contribution in [-0.2, 0) is 17.7 Å². The van der Waals surface area contributed by atoms with Crippen LogP contribution in [0.5, 0.6) is 0 Å². The number of nitrogens with one attached hydrogen (secondary N) is 1. The Balaban J connectivity index is 2.58. The molecule has 1 unspecified atom stereocenters. The highest BCUT2D eigenvalue weighted by molar-refractivity contribution is 5.26. The van der Waals surface area contributed by atoms with E-state index >= 15 is 0 Å². The lowest BCUT2D eigenvalue weighted by molar-refractivity contribution is 0.146. The number of hydrogen-bond acceptors (Lipinski definition) is 2. The summed E-state index contributed by atoms with van der Waals surface area (Å²) in [6, 6.07) is 9.05. The van der Waals surface area contributed by atoms with Crippen LogP contribution in [0, 0.1) is 5.92 Å². The van der Waals surface area contributed by atoms with E-state index in [4.69, 9.17) is 4.74 Å². The smallest absolute Gasteiger partial charge is 0.0618 e. The molecule has 1 rings (SSSR count). The highest BCUT2D eigenvalue weighted by Gasteiger charge is 2.12. The lowest BCUT2D eigenvalue weighted by atomic mass is 10.0. The molecule has 0 spiro atoms. The zero-order valence-electron chi connectivity index (χ0n) is 11.5. The van der Waals surface area contributed by atoms with E-state index in [-0.39, 0.29) is 0 Å². The van der Waals surface area contributed by atoms with Crippen LogP contribution in [0.3, 0.4) is 0 Å². The monoisotopic (exact) mass is 235 g/mol. The zero-order valence-corrected chi connectivity index (χ0v) is 11.5. The maximum absolute atomic E-state index is 5.25. The molecule has 0 aliphatic rings. The van der Waals surface area contributed by atoms with Crippen molar-refractivity contribution in [3.8, 4) is 0 Å². The van der Waals surface area contributed by atoms with Gasteiger partial charge >= 0.3 is 0 Å². The molecule has 0 heterocycles. The SMILES string of the molecule is CCc1ccccc1CNC(COC)C(C)C. The van der Waals surface area contributed by atoms with Crippen molar-refractivity contribution in [1.29, 1.82) is 0 Å². The molecular weight excluding hydrogens is 210 g/mol. The molecule has 0 aromatic heterocycles. The van der Waals surface area contributed by atoms with Gasteiger partial charge in [-0.15, -0.1) is 0 Å². The highest BCUT2D eigenvalue weighted by Crippen LogP contribution is 2.10. The molecule has 0 radical (unpaired) electrons. The van der Waals surface area contributed by atoms with Crippen LogP contribution in [0.4, 0.5) is 0 Å². The first-order valence-corrected chi connectivity index (χ1v) is 6.48. The third-order valence-corrected chi connectivity index (χ3v) is 3.20. The van der Waals surface area contributed by atoms with Crippen LogP contribution < -0.4 is 5.32 Å². The second-order valence-corrected chi connectivity index (χ2v) is 4.81. The topological polar surface area (TPSA) is 21.3 Å². The summed E-state index contributed by atoms with van der Waals surface area (Å²) in [6.45, 7) is 8.35. The number of benzene rings is 1. The minimum Gasteiger partial charge on any atom is -0.383 e. The Bertz CT molecular complexity index is 322. The molecule has 0 aliphatic heterocycles. The van der Waals surface area contributed by atoms with Gasteiger partial charge in [-0.05, 0) is 23.5 Å². The number of ether oxygens (including phenoxy) is 1. The number of methoxy groups -OCH3 is 1. The highest BCUT2D eigenvalue weighted by atomic mass is 16.5. The molecule has 0 fully saturated rings. The predicted molar refractivity (Wildman–Crippen MR) is 73.2 cm³/mol. The first-order chi connectivity index (χ1) is 8.19. The van der Waals surface area contributed by atoms with Crippen LogP contribution in [0.15, 0.2) is 24.3 Å². The second kappa shape index (κ2) is 7.46. The molecule has 1 aromatic carbocycles. The van der Waals surface area contributed by atoms with Crippen molar-refractivity contribution >= 4 is 0 Å². The molecular formula is C15H25NO. The molecule has 1 N–H and O–H groups in total. The molecule has 2 heteroatoms. The summed E-state index contributed by atoms with van der Waals surface area (Å²) in [5.74, 6) is 0.587. The molecule has 0 saturated heterocycles. The third-order valence-electron chi connectivity index (χ3n) is 3.20. The summed E-state index contributed by atoms with van der Waals surface area (Å²) < 4.78 is 5.25. The lowest BCUT2D eigenvalue weighted by Gasteiger charge is -2.22. The van der Waals surface area contributed by atoms with Crippen molar-refractivity contribution in [1.82, 2.24) is 5.32 Å². The van der Waals surface area contributed by atoms with Crippen molar-refractivity contribution in [2.75, 3.05) is 13.7 Å². The second-order valence-electron chi connectivity index (χ2n) is 4.81. The van der Waals surface area contributed by atoms with Gasteiger partial charge in [-0.2, -0.15) is 0 Å². The van der Waals surface area contributed by atoms with E-state index in [0.717, 1.165) is 19.6 Å². The normalized spacial score (nSPS) is 13.0. The molecule has 96 valence electrons. The standard InChI is InChI=1S/C15H25NO/c1-5-13-8-6-7-9-14(13)10-16-15(11-17-4)12(2)3/h6-9,12,15-16H,5,10-11H2,1-4H3. The van der Waals surface area contributed by atoms with Crippen LogP contribution in [0.1, 0.15) is 31.9 Å². The van der Waals surface area contributed by atoms with E-state index in [1.54, 1.807) is 7.11 Å². The van der Waals surface area contributed by atoms with E-state index in [0.29, 0.717) is 12.0 Å². The van der Waals surface area contributed by atoms with Gasteiger partial charge in [0.05, 0.1) is 6.61 Å². The van der Waals surface area contributed by atoms with Gasteiger partial charge in [0.2, 0.25) is 0 Å². The Labute approximate surface area is 105 Å². The predicted octanol–water partition coefficient (Wildman–Crippen LogP) is 3.01. The first-order valence-electron chi connectivity index (χ1n) is 6.48. The van der Waals surface area contributed by atoms with E-state index in [1.807, 2.05) is 0 Å². The Hall–Kier alpha value is -0.860. The minimum atomic E-state index is 0.421. The molecule has 0 amide bonds. The van der Waals surface area contributed by atoms with Crippen molar-refractivity contribution in [3.63, 3.8) is 0 Å². The fraction of sp³-hybridized carbons (Fsp3) is 0.600. The average molecular weight is 235 g/mol. The van der Waals surface area contributed by atoms with E-state index in [1.165, 1.54) is 11.1 Å². The van der Waals surface area contributed by atoms with Gasteiger partial charge in [-0.3, -0.25) is 0 Å². The van der Waals surface area contributed by atoms with Gasteiger partial charge in [0.1, 0.15) is 0 Å². The van der Waals surface area contributed by atoms with Crippen molar-refractivity contribution in [2.45, 2.75) is 39.8 Å². The lowest BCUT2D eigenvalue weighted by Crippen LogP contribution is -2.37. The van der Waals surface area contributed by atoms with E-state index in [2.05, 4.69) is 50.4 Å². The molecule has 0 bridgehead atoms. The number of aryl methyl sites for hydroxylation is 1. The molecule has 0 saturated carbocycles. The summed E-state index contributed by atoms with van der Waals surface area (Å²) in [4.78, 5) is 0. The Kier molecular flexibility index (Phi) is 6.23. The van der Waals surface area contributed by atoms with Crippen LogP contribution >= 0.6 is 0 Å². The molecule has 1 aromatic rings. The van der Waals surface area contributed by atoms with Crippen molar-refractivity contribution < 1.29 is 4.74 Å². The van der Waals surface area contributed by atoms with Gasteiger partial charge in [0.15, 0.2) is 0 Å². The van der Waals surface area contributed by atoms with Crippen molar-refractivity contribution in [2.24, 2.45) is 5.92 Å². The minimum absolute atomic E-state index is 0.421. The summed E-state index contributed by atoms with van der Waals surface area (Å²) in [5, 5.41) is 3.59. The van der Waals surface area contributed by atoms with Gasteiger partial charge in [0.25, 0.3) is 0 Å². The van der Waals surface area contributed by atoms with E-state index in [9.17, 15) is 0 Å². The summed E-state index contributed by atoms with van der Waals surface area (Å²) in [5.41, 5.74) is 2.83. The number of rotatable bonds is 7. The summed E-state index contributed by atoms with van der Waals surface area (Å²) in [7, 11) is 1.76. The molecule has 0 aliphatic carbocycles. The Morgan fingerprint density at radius 3 is 2.35 bits per heavy atom. The number of hydrogen-bond donors (Lipinski definition) is 1. The molecule has 1 atom stereocenters. The van der Waals surface area contributed by atoms with Crippen LogP contribution in [0.2, 0.25) is 0 Å². The molecule has 17 heavy (non-hydrogen) atoms. The zero-order chi connectivity index (χ0) is 12.7.